The van der Waals surface area contributed by atoms with Crippen LogP contribution in [-0.4, -0.2) is 16.7 Å². The minimum absolute atomic E-state index is 0.0260. The summed E-state index contributed by atoms with van der Waals surface area (Å²) in [5, 5.41) is 2.81. The van der Waals surface area contributed by atoms with E-state index in [1.165, 1.54) is 6.92 Å². The summed E-state index contributed by atoms with van der Waals surface area (Å²) < 4.78 is 0. The van der Waals surface area contributed by atoms with Crippen LogP contribution in [0.3, 0.4) is 0 Å². The van der Waals surface area contributed by atoms with E-state index in [2.05, 4.69) is 5.32 Å². The number of hydrogen-bond acceptors (Lipinski definition) is 2. The predicted octanol–water partition coefficient (Wildman–Crippen LogP) is 5.05. The van der Waals surface area contributed by atoms with Crippen LogP contribution < -0.4 is 5.32 Å². The number of nitrogens with one attached hydrogen (secondary N) is 1. The third-order valence-electron chi connectivity index (χ3n) is 4.63. The van der Waals surface area contributed by atoms with Crippen LogP contribution in [0.15, 0.2) is 84.9 Å². The summed E-state index contributed by atoms with van der Waals surface area (Å²) in [5.41, 5.74) is 3.41. The lowest BCUT2D eigenvalue weighted by Gasteiger charge is -2.30. The molecule has 1 unspecified atom stereocenters. The van der Waals surface area contributed by atoms with E-state index in [0.29, 0.717) is 12.1 Å². The molecule has 1 atom stereocenters. The largest absolute Gasteiger partial charge is 0.328 e. The average molecular weight is 372 g/mol. The molecule has 3 aromatic rings. The lowest BCUT2D eigenvalue weighted by Crippen LogP contribution is -2.33. The molecular weight excluding hydrogens is 348 g/mol. The van der Waals surface area contributed by atoms with Crippen molar-refractivity contribution >= 4 is 17.5 Å². The Hall–Kier alpha value is -3.40. The van der Waals surface area contributed by atoms with Gasteiger partial charge >= 0.3 is 0 Å². The molecule has 0 spiro atoms. The van der Waals surface area contributed by atoms with Gasteiger partial charge in [0.05, 0.1) is 6.04 Å². The molecule has 0 aromatic heterocycles. The van der Waals surface area contributed by atoms with Gasteiger partial charge in [-0.2, -0.15) is 0 Å². The Bertz CT molecular complexity index is 939. The van der Waals surface area contributed by atoms with Crippen molar-refractivity contribution in [2.24, 2.45) is 0 Å². The number of amides is 2. The molecule has 4 nitrogen and oxygen atoms in total. The average Bonchev–Trinajstić information content (AvgIpc) is 2.72. The topological polar surface area (TPSA) is 49.4 Å². The summed E-state index contributed by atoms with van der Waals surface area (Å²) in [5.74, 6) is -0.145. The second-order valence-corrected chi connectivity index (χ2v) is 6.77. The second kappa shape index (κ2) is 9.00. The Morgan fingerprint density at radius 1 is 0.893 bits per heavy atom. The molecule has 1 N–H and O–H groups in total. The normalized spacial score (nSPS) is 11.5. The van der Waals surface area contributed by atoms with Gasteiger partial charge in [-0.25, -0.2) is 0 Å². The van der Waals surface area contributed by atoms with Crippen LogP contribution in [0.25, 0.3) is 0 Å². The Balaban J connectivity index is 1.93. The maximum atomic E-state index is 13.3. The van der Waals surface area contributed by atoms with Gasteiger partial charge in [0.25, 0.3) is 5.91 Å². The summed E-state index contributed by atoms with van der Waals surface area (Å²) in [7, 11) is 0. The first-order chi connectivity index (χ1) is 13.5. The van der Waals surface area contributed by atoms with Crippen LogP contribution in [-0.2, 0) is 11.3 Å². The van der Waals surface area contributed by atoms with E-state index >= 15 is 0 Å². The van der Waals surface area contributed by atoms with Crippen molar-refractivity contribution in [2.45, 2.75) is 26.4 Å². The Morgan fingerprint density at radius 3 is 2.18 bits per heavy atom. The van der Waals surface area contributed by atoms with Crippen molar-refractivity contribution in [3.63, 3.8) is 0 Å². The van der Waals surface area contributed by atoms with Gasteiger partial charge in [-0.15, -0.1) is 0 Å². The molecule has 4 heteroatoms. The predicted molar refractivity (Wildman–Crippen MR) is 112 cm³/mol. The SMILES string of the molecule is CC(=O)Nc1cccc(C(C)N(Cc2ccccc2)C(=O)c2ccccc2)c1. The molecule has 0 heterocycles. The molecule has 2 amide bonds. The molecular formula is C24H24N2O2. The third-order valence-corrected chi connectivity index (χ3v) is 4.63. The van der Waals surface area contributed by atoms with Crippen LogP contribution in [0.2, 0.25) is 0 Å². The fraction of sp³-hybridized carbons (Fsp3) is 0.167. The summed E-state index contributed by atoms with van der Waals surface area (Å²) in [6, 6.07) is 26.7. The van der Waals surface area contributed by atoms with Gasteiger partial charge in [0.15, 0.2) is 0 Å². The molecule has 3 rings (SSSR count). The Kier molecular flexibility index (Phi) is 6.22. The van der Waals surface area contributed by atoms with Crippen LogP contribution >= 0.6 is 0 Å². The summed E-state index contributed by atoms with van der Waals surface area (Å²) in [6.07, 6.45) is 0. The number of carbonyl (C=O) groups is 2. The molecule has 0 aliphatic heterocycles. The highest BCUT2D eigenvalue weighted by atomic mass is 16.2. The molecule has 0 bridgehead atoms. The number of hydrogen-bond donors (Lipinski definition) is 1. The first-order valence-corrected chi connectivity index (χ1v) is 9.32. The van der Waals surface area contributed by atoms with E-state index in [0.717, 1.165) is 16.8 Å². The van der Waals surface area contributed by atoms with Crippen LogP contribution in [0, 0.1) is 0 Å². The molecule has 3 aromatic carbocycles. The summed E-state index contributed by atoms with van der Waals surface area (Å²) in [6.45, 7) is 3.99. The van der Waals surface area contributed by atoms with Crippen molar-refractivity contribution in [1.82, 2.24) is 4.90 Å². The van der Waals surface area contributed by atoms with E-state index in [4.69, 9.17) is 0 Å². The third kappa shape index (κ3) is 4.86. The van der Waals surface area contributed by atoms with Crippen LogP contribution in [0.5, 0.6) is 0 Å². The number of rotatable bonds is 6. The fourth-order valence-corrected chi connectivity index (χ4v) is 3.17. The molecule has 0 saturated heterocycles. The van der Waals surface area contributed by atoms with E-state index in [9.17, 15) is 9.59 Å². The van der Waals surface area contributed by atoms with Crippen molar-refractivity contribution in [3.8, 4) is 0 Å². The molecule has 0 fully saturated rings. The van der Waals surface area contributed by atoms with Gasteiger partial charge in [0, 0.05) is 24.7 Å². The molecule has 142 valence electrons. The molecule has 0 radical (unpaired) electrons. The minimum atomic E-state index is -0.165. The van der Waals surface area contributed by atoms with E-state index in [-0.39, 0.29) is 17.9 Å². The minimum Gasteiger partial charge on any atom is -0.328 e. The van der Waals surface area contributed by atoms with Gasteiger partial charge < -0.3 is 10.2 Å². The van der Waals surface area contributed by atoms with Gasteiger partial charge in [-0.05, 0) is 42.3 Å². The van der Waals surface area contributed by atoms with Crippen LogP contribution in [0.4, 0.5) is 5.69 Å². The zero-order valence-electron chi connectivity index (χ0n) is 16.1. The van der Waals surface area contributed by atoms with Gasteiger partial charge in [-0.1, -0.05) is 60.7 Å². The van der Waals surface area contributed by atoms with Crippen molar-refractivity contribution in [1.29, 1.82) is 0 Å². The fourth-order valence-electron chi connectivity index (χ4n) is 3.17. The maximum absolute atomic E-state index is 13.3. The lowest BCUT2D eigenvalue weighted by molar-refractivity contribution is -0.114. The Morgan fingerprint density at radius 2 is 1.54 bits per heavy atom. The second-order valence-electron chi connectivity index (χ2n) is 6.77. The molecule has 28 heavy (non-hydrogen) atoms. The summed E-state index contributed by atoms with van der Waals surface area (Å²) >= 11 is 0. The molecule has 0 aliphatic rings. The first-order valence-electron chi connectivity index (χ1n) is 9.32. The zero-order chi connectivity index (χ0) is 19.9. The molecule has 0 saturated carbocycles. The number of benzene rings is 3. The van der Waals surface area contributed by atoms with Gasteiger partial charge in [0.2, 0.25) is 5.91 Å². The highest BCUT2D eigenvalue weighted by Crippen LogP contribution is 2.26. The highest BCUT2D eigenvalue weighted by Gasteiger charge is 2.23. The number of anilines is 1. The molecule has 0 aliphatic carbocycles. The van der Waals surface area contributed by atoms with E-state index in [1.54, 1.807) is 0 Å². The lowest BCUT2D eigenvalue weighted by atomic mass is 10.0. The van der Waals surface area contributed by atoms with Crippen molar-refractivity contribution < 1.29 is 9.59 Å². The van der Waals surface area contributed by atoms with E-state index < -0.39 is 0 Å². The summed E-state index contributed by atoms with van der Waals surface area (Å²) in [4.78, 5) is 26.5. The maximum Gasteiger partial charge on any atom is 0.254 e. The van der Waals surface area contributed by atoms with Crippen molar-refractivity contribution in [2.75, 3.05) is 5.32 Å². The van der Waals surface area contributed by atoms with Crippen molar-refractivity contribution in [3.05, 3.63) is 102 Å². The quantitative estimate of drug-likeness (QED) is 0.658. The van der Waals surface area contributed by atoms with E-state index in [1.807, 2.05) is 96.8 Å². The smallest absolute Gasteiger partial charge is 0.254 e. The standard InChI is InChI=1S/C24H24N2O2/c1-18(22-14-9-15-23(16-22)25-19(2)27)26(17-20-10-5-3-6-11-20)24(28)21-12-7-4-8-13-21/h3-16,18H,17H2,1-2H3,(H,25,27). The first kappa shape index (κ1) is 19.4. The van der Waals surface area contributed by atoms with Gasteiger partial charge in [0.1, 0.15) is 0 Å². The van der Waals surface area contributed by atoms with Crippen LogP contribution in [0.1, 0.15) is 41.4 Å². The number of carbonyl (C=O) groups excluding carboxylic acids is 2. The monoisotopic (exact) mass is 372 g/mol. The van der Waals surface area contributed by atoms with Gasteiger partial charge in [-0.3, -0.25) is 9.59 Å². The zero-order valence-corrected chi connectivity index (χ0v) is 16.1. The number of nitrogens with zero attached hydrogens (tertiary/aromatic N) is 1. The Labute approximate surface area is 165 Å². The highest BCUT2D eigenvalue weighted by molar-refractivity contribution is 5.94.